The molecule has 0 saturated heterocycles. The Kier molecular flexibility index (Phi) is 6.22. The zero-order chi connectivity index (χ0) is 23.5. The highest BCUT2D eigenvalue weighted by atomic mass is 19.1. The van der Waals surface area contributed by atoms with E-state index in [1.165, 1.54) is 24.3 Å². The van der Waals surface area contributed by atoms with Gasteiger partial charge in [-0.1, -0.05) is 18.2 Å². The van der Waals surface area contributed by atoms with Gasteiger partial charge in [-0.15, -0.1) is 0 Å². The van der Waals surface area contributed by atoms with Crippen molar-refractivity contribution >= 4 is 34.3 Å². The Hall–Kier alpha value is -4.00. The lowest BCUT2D eigenvalue weighted by Crippen LogP contribution is -2.15. The van der Waals surface area contributed by atoms with Gasteiger partial charge >= 0.3 is 0 Å². The number of carbonyl (C=O) groups is 1. The number of nitrogens with zero attached hydrogens (tertiary/aromatic N) is 3. The Labute approximate surface area is 192 Å². The van der Waals surface area contributed by atoms with Crippen LogP contribution in [0.2, 0.25) is 0 Å². The number of aromatic nitrogens is 2. The number of nitrogens with one attached hydrogen (secondary N) is 2. The molecule has 0 aliphatic rings. The van der Waals surface area contributed by atoms with Crippen LogP contribution < -0.4 is 15.5 Å². The molecule has 1 amide bonds. The number of halogens is 1. The van der Waals surface area contributed by atoms with Crippen LogP contribution in [0.15, 0.2) is 66.7 Å². The zero-order valence-electron chi connectivity index (χ0n) is 19.1. The molecule has 1 unspecified atom stereocenters. The average Bonchev–Trinajstić information content (AvgIpc) is 2.79. The fourth-order valence-electron chi connectivity index (χ4n) is 3.49. The summed E-state index contributed by atoms with van der Waals surface area (Å²) < 4.78 is 13.1. The van der Waals surface area contributed by atoms with Crippen molar-refractivity contribution < 1.29 is 9.18 Å². The molecule has 0 spiro atoms. The number of fused-ring (bicyclic) bond motifs is 1. The molecule has 0 bridgehead atoms. The number of carbonyl (C=O) groups excluding carboxylic acids is 1. The van der Waals surface area contributed by atoms with Crippen molar-refractivity contribution in [3.05, 3.63) is 89.2 Å². The maximum Gasteiger partial charge on any atom is 0.255 e. The van der Waals surface area contributed by atoms with Crippen LogP contribution in [0.4, 0.5) is 21.8 Å². The van der Waals surface area contributed by atoms with Crippen molar-refractivity contribution in [2.45, 2.75) is 19.9 Å². The first-order valence-corrected chi connectivity index (χ1v) is 10.7. The lowest BCUT2D eigenvalue weighted by Gasteiger charge is -2.19. The van der Waals surface area contributed by atoms with E-state index in [9.17, 15) is 9.18 Å². The van der Waals surface area contributed by atoms with Gasteiger partial charge in [-0.2, -0.15) is 4.98 Å². The summed E-state index contributed by atoms with van der Waals surface area (Å²) >= 11 is 0. The largest absolute Gasteiger partial charge is 0.363 e. The maximum atomic E-state index is 13.1. The van der Waals surface area contributed by atoms with Crippen molar-refractivity contribution in [2.24, 2.45) is 0 Å². The summed E-state index contributed by atoms with van der Waals surface area (Å²) in [5.74, 6) is 0.751. The molecule has 0 aliphatic heterocycles. The minimum atomic E-state index is -0.373. The first-order valence-electron chi connectivity index (χ1n) is 10.7. The highest BCUT2D eigenvalue weighted by Crippen LogP contribution is 2.28. The van der Waals surface area contributed by atoms with Crippen LogP contribution in [-0.4, -0.2) is 30.0 Å². The van der Waals surface area contributed by atoms with Gasteiger partial charge in [0, 0.05) is 36.8 Å². The molecule has 6 nitrogen and oxygen atoms in total. The molecular formula is C26H26FN5O. The van der Waals surface area contributed by atoms with E-state index in [1.807, 2.05) is 56.3 Å². The number of hydrogen-bond acceptors (Lipinski definition) is 5. The van der Waals surface area contributed by atoms with E-state index >= 15 is 0 Å². The number of anilines is 3. The van der Waals surface area contributed by atoms with Crippen LogP contribution in [0, 0.1) is 12.7 Å². The molecule has 7 heteroatoms. The van der Waals surface area contributed by atoms with Gasteiger partial charge in [0.05, 0.1) is 5.52 Å². The van der Waals surface area contributed by atoms with Crippen LogP contribution in [0.1, 0.15) is 34.5 Å². The Morgan fingerprint density at radius 2 is 1.67 bits per heavy atom. The van der Waals surface area contributed by atoms with E-state index in [1.54, 1.807) is 0 Å². The second kappa shape index (κ2) is 9.24. The van der Waals surface area contributed by atoms with E-state index in [0.717, 1.165) is 27.8 Å². The third kappa shape index (κ3) is 5.09. The second-order valence-corrected chi connectivity index (χ2v) is 8.24. The quantitative estimate of drug-likeness (QED) is 0.408. The lowest BCUT2D eigenvalue weighted by molar-refractivity contribution is 0.102. The van der Waals surface area contributed by atoms with Gasteiger partial charge in [-0.25, -0.2) is 9.37 Å². The van der Waals surface area contributed by atoms with Gasteiger partial charge in [0.15, 0.2) is 0 Å². The standard InChI is InChI=1S/C26H26FN5O/c1-16-5-14-22-23(15-16)30-26(32(3)4)31-24(22)28-17(2)18-8-12-21(13-9-18)29-25(33)19-6-10-20(27)11-7-19/h5-15,17H,1-4H3,(H,29,33)(H,28,30,31). The van der Waals surface area contributed by atoms with Gasteiger partial charge < -0.3 is 15.5 Å². The van der Waals surface area contributed by atoms with Crippen LogP contribution in [0.25, 0.3) is 10.9 Å². The lowest BCUT2D eigenvalue weighted by atomic mass is 10.1. The number of amides is 1. The van der Waals surface area contributed by atoms with Crippen molar-refractivity contribution in [3.8, 4) is 0 Å². The molecule has 1 atom stereocenters. The van der Waals surface area contributed by atoms with E-state index in [-0.39, 0.29) is 17.8 Å². The Balaban J connectivity index is 1.52. The summed E-state index contributed by atoms with van der Waals surface area (Å²) in [6.45, 7) is 4.10. The number of rotatable bonds is 6. The molecule has 4 aromatic rings. The maximum absolute atomic E-state index is 13.1. The Morgan fingerprint density at radius 1 is 0.970 bits per heavy atom. The van der Waals surface area contributed by atoms with E-state index in [0.29, 0.717) is 17.2 Å². The Morgan fingerprint density at radius 3 is 2.33 bits per heavy atom. The molecule has 1 aromatic heterocycles. The smallest absolute Gasteiger partial charge is 0.255 e. The summed E-state index contributed by atoms with van der Waals surface area (Å²) in [6.07, 6.45) is 0. The van der Waals surface area contributed by atoms with Crippen LogP contribution in [0.3, 0.4) is 0 Å². The summed E-state index contributed by atoms with van der Waals surface area (Å²) in [5.41, 5.74) is 4.14. The van der Waals surface area contributed by atoms with Crippen molar-refractivity contribution in [3.63, 3.8) is 0 Å². The number of hydrogen-bond donors (Lipinski definition) is 2. The minimum absolute atomic E-state index is 0.0266. The van der Waals surface area contributed by atoms with Crippen LogP contribution in [-0.2, 0) is 0 Å². The number of aryl methyl sites for hydroxylation is 1. The minimum Gasteiger partial charge on any atom is -0.363 e. The van der Waals surface area contributed by atoms with Gasteiger partial charge in [0.2, 0.25) is 5.95 Å². The fourth-order valence-corrected chi connectivity index (χ4v) is 3.49. The molecular weight excluding hydrogens is 417 g/mol. The Bertz CT molecular complexity index is 1290. The highest BCUT2D eigenvalue weighted by Gasteiger charge is 2.13. The predicted molar refractivity (Wildman–Crippen MR) is 131 cm³/mol. The summed E-state index contributed by atoms with van der Waals surface area (Å²) in [4.78, 5) is 23.6. The van der Waals surface area contributed by atoms with Gasteiger partial charge in [-0.05, 0) is 73.5 Å². The molecule has 0 radical (unpaired) electrons. The fraction of sp³-hybridized carbons (Fsp3) is 0.192. The number of benzene rings is 3. The van der Waals surface area contributed by atoms with Gasteiger partial charge in [0.1, 0.15) is 11.6 Å². The summed E-state index contributed by atoms with van der Waals surface area (Å²) in [7, 11) is 3.84. The molecule has 0 saturated carbocycles. The monoisotopic (exact) mass is 443 g/mol. The van der Waals surface area contributed by atoms with Crippen molar-refractivity contribution in [1.29, 1.82) is 0 Å². The molecule has 1 heterocycles. The van der Waals surface area contributed by atoms with E-state index < -0.39 is 0 Å². The molecule has 168 valence electrons. The average molecular weight is 444 g/mol. The second-order valence-electron chi connectivity index (χ2n) is 8.24. The molecule has 2 N–H and O–H groups in total. The summed E-state index contributed by atoms with van der Waals surface area (Å²) in [5, 5.41) is 7.30. The van der Waals surface area contributed by atoms with Crippen molar-refractivity contribution in [2.75, 3.05) is 29.6 Å². The SMILES string of the molecule is Cc1ccc2c(NC(C)c3ccc(NC(=O)c4ccc(F)cc4)cc3)nc(N(C)C)nc2c1. The summed E-state index contributed by atoms with van der Waals surface area (Å²) in [6, 6.07) is 19.2. The zero-order valence-corrected chi connectivity index (χ0v) is 19.1. The molecule has 33 heavy (non-hydrogen) atoms. The van der Waals surface area contributed by atoms with Gasteiger partial charge in [-0.3, -0.25) is 4.79 Å². The van der Waals surface area contributed by atoms with E-state index in [4.69, 9.17) is 4.98 Å². The van der Waals surface area contributed by atoms with Crippen LogP contribution in [0.5, 0.6) is 0 Å². The predicted octanol–water partition coefficient (Wildman–Crippen LogP) is 5.57. The van der Waals surface area contributed by atoms with Crippen LogP contribution >= 0.6 is 0 Å². The van der Waals surface area contributed by atoms with E-state index in [2.05, 4.69) is 34.7 Å². The molecule has 0 fully saturated rings. The normalized spacial score (nSPS) is 11.8. The highest BCUT2D eigenvalue weighted by molar-refractivity contribution is 6.04. The van der Waals surface area contributed by atoms with Crippen molar-refractivity contribution in [1.82, 2.24) is 9.97 Å². The first-order chi connectivity index (χ1) is 15.8. The molecule has 3 aromatic carbocycles. The van der Waals surface area contributed by atoms with Gasteiger partial charge in [0.25, 0.3) is 5.91 Å². The third-order valence-corrected chi connectivity index (χ3v) is 5.37. The topological polar surface area (TPSA) is 70.2 Å². The molecule has 4 rings (SSSR count). The molecule has 0 aliphatic carbocycles. The first kappa shape index (κ1) is 22.2. The third-order valence-electron chi connectivity index (χ3n) is 5.37.